The van der Waals surface area contributed by atoms with E-state index in [2.05, 4.69) is 20.8 Å². The largest absolute Gasteiger partial charge is 0.462 e. The van der Waals surface area contributed by atoms with Crippen molar-refractivity contribution in [3.05, 3.63) is 83.8 Å². The average Bonchev–Trinajstić information content (AvgIpc) is 3.25. The number of hydrogen-bond donors (Lipinski definition) is 2. The van der Waals surface area contributed by atoms with Gasteiger partial charge in [0.25, 0.3) is 5.91 Å². The molecule has 0 atom stereocenters. The zero-order valence-electron chi connectivity index (χ0n) is 18.5. The van der Waals surface area contributed by atoms with Crippen molar-refractivity contribution >= 4 is 46.6 Å². The fourth-order valence-electron chi connectivity index (χ4n) is 3.14. The molecule has 0 saturated carbocycles. The number of esters is 1. The third-order valence-corrected chi connectivity index (χ3v) is 5.65. The van der Waals surface area contributed by atoms with E-state index in [1.807, 2.05) is 0 Å². The second-order valence-electron chi connectivity index (χ2n) is 7.23. The number of fused-ring (bicyclic) bond motifs is 1. The third kappa shape index (κ3) is 6.01. The Balaban J connectivity index is 1.41. The highest BCUT2D eigenvalue weighted by atomic mass is 32.2. The predicted octanol–water partition coefficient (Wildman–Crippen LogP) is 4.03. The highest BCUT2D eigenvalue weighted by Gasteiger charge is 2.14. The van der Waals surface area contributed by atoms with Crippen LogP contribution in [0.3, 0.4) is 0 Å². The number of thioether (sulfide) groups is 1. The molecule has 0 fully saturated rings. The quantitative estimate of drug-likeness (QED) is 0.281. The second-order valence-corrected chi connectivity index (χ2v) is 8.17. The average molecular weight is 494 g/mol. The van der Waals surface area contributed by atoms with Gasteiger partial charge in [-0.15, -0.1) is 10.2 Å². The van der Waals surface area contributed by atoms with Gasteiger partial charge in [-0.05, 0) is 55.5 Å². The number of carbonyl (C=O) groups is 3. The Labute approximate surface area is 203 Å². The zero-order valence-corrected chi connectivity index (χ0v) is 19.3. The van der Waals surface area contributed by atoms with E-state index >= 15 is 0 Å². The Morgan fingerprint density at radius 2 is 1.74 bits per heavy atom. The number of aromatic nitrogens is 3. The summed E-state index contributed by atoms with van der Waals surface area (Å²) in [5, 5.41) is 13.9. The molecule has 4 aromatic rings. The van der Waals surface area contributed by atoms with Gasteiger partial charge in [0.05, 0.1) is 23.5 Å². The maximum atomic E-state index is 13.4. The van der Waals surface area contributed by atoms with E-state index in [0.29, 0.717) is 33.3 Å². The number of benzene rings is 2. The van der Waals surface area contributed by atoms with E-state index in [9.17, 15) is 18.8 Å². The summed E-state index contributed by atoms with van der Waals surface area (Å²) in [4.78, 5) is 36.9. The molecule has 178 valence electrons. The number of rotatable bonds is 8. The number of nitrogens with one attached hydrogen (secondary N) is 2. The molecular formula is C24H20FN5O4S. The Morgan fingerprint density at radius 1 is 0.971 bits per heavy atom. The summed E-state index contributed by atoms with van der Waals surface area (Å²) in [7, 11) is 0. The van der Waals surface area contributed by atoms with Gasteiger partial charge >= 0.3 is 5.97 Å². The highest BCUT2D eigenvalue weighted by molar-refractivity contribution is 7.99. The van der Waals surface area contributed by atoms with Crippen molar-refractivity contribution in [3.8, 4) is 0 Å². The molecule has 0 radical (unpaired) electrons. The smallest absolute Gasteiger partial charge is 0.338 e. The molecule has 0 bridgehead atoms. The number of amides is 2. The lowest BCUT2D eigenvalue weighted by molar-refractivity contribution is -0.113. The first-order chi connectivity index (χ1) is 16.9. The van der Waals surface area contributed by atoms with Gasteiger partial charge < -0.3 is 15.4 Å². The number of hydrogen-bond acceptors (Lipinski definition) is 7. The minimum absolute atomic E-state index is 0.0180. The molecule has 0 unspecified atom stereocenters. The van der Waals surface area contributed by atoms with Gasteiger partial charge in [0.1, 0.15) is 5.82 Å². The molecule has 0 aliphatic heterocycles. The van der Waals surface area contributed by atoms with Crippen LogP contribution >= 0.6 is 11.8 Å². The van der Waals surface area contributed by atoms with Crippen LogP contribution in [0.25, 0.3) is 5.65 Å². The number of ether oxygens (including phenoxy) is 1. The van der Waals surface area contributed by atoms with Crippen LogP contribution in [-0.2, 0) is 9.53 Å². The van der Waals surface area contributed by atoms with E-state index in [4.69, 9.17) is 4.74 Å². The normalized spacial score (nSPS) is 10.7. The first kappa shape index (κ1) is 23.9. The van der Waals surface area contributed by atoms with E-state index in [0.717, 1.165) is 11.8 Å². The highest BCUT2D eigenvalue weighted by Crippen LogP contribution is 2.20. The van der Waals surface area contributed by atoms with Gasteiger partial charge in [-0.1, -0.05) is 23.9 Å². The molecule has 2 aromatic carbocycles. The van der Waals surface area contributed by atoms with Gasteiger partial charge in [0.2, 0.25) is 5.91 Å². The van der Waals surface area contributed by atoms with Gasteiger partial charge in [-0.3, -0.25) is 14.0 Å². The van der Waals surface area contributed by atoms with E-state index in [-0.39, 0.29) is 18.3 Å². The SMILES string of the molecule is CCOC(=O)c1cccc(NC(=O)CSc2nnc3ccc(C(=O)Nc4cccc(F)c4)cn23)c1. The number of halogens is 1. The molecule has 11 heteroatoms. The van der Waals surface area contributed by atoms with E-state index in [1.165, 1.54) is 24.3 Å². The molecular weight excluding hydrogens is 473 g/mol. The van der Waals surface area contributed by atoms with Crippen LogP contribution in [0.15, 0.2) is 72.0 Å². The van der Waals surface area contributed by atoms with Crippen LogP contribution in [0.1, 0.15) is 27.6 Å². The minimum atomic E-state index is -0.467. The maximum Gasteiger partial charge on any atom is 0.338 e. The van der Waals surface area contributed by atoms with Crippen molar-refractivity contribution < 1.29 is 23.5 Å². The molecule has 9 nitrogen and oxygen atoms in total. The molecule has 2 N–H and O–H groups in total. The number of carbonyl (C=O) groups excluding carboxylic acids is 3. The van der Waals surface area contributed by atoms with Gasteiger partial charge in [-0.2, -0.15) is 0 Å². The van der Waals surface area contributed by atoms with Crippen molar-refractivity contribution in [3.63, 3.8) is 0 Å². The lowest BCUT2D eigenvalue weighted by Crippen LogP contribution is -2.15. The van der Waals surface area contributed by atoms with Crippen LogP contribution in [0.4, 0.5) is 15.8 Å². The van der Waals surface area contributed by atoms with Crippen LogP contribution in [0.5, 0.6) is 0 Å². The Morgan fingerprint density at radius 3 is 2.51 bits per heavy atom. The summed E-state index contributed by atoms with van der Waals surface area (Å²) in [5.41, 5.74) is 1.94. The monoisotopic (exact) mass is 493 g/mol. The Hall–Kier alpha value is -4.25. The van der Waals surface area contributed by atoms with Crippen molar-refractivity contribution in [2.24, 2.45) is 0 Å². The van der Waals surface area contributed by atoms with E-state index in [1.54, 1.807) is 53.9 Å². The van der Waals surface area contributed by atoms with Crippen LogP contribution in [-0.4, -0.2) is 44.7 Å². The summed E-state index contributed by atoms with van der Waals surface area (Å²) >= 11 is 1.13. The molecule has 35 heavy (non-hydrogen) atoms. The van der Waals surface area contributed by atoms with Crippen LogP contribution in [0.2, 0.25) is 0 Å². The molecule has 0 aliphatic rings. The van der Waals surface area contributed by atoms with Crippen LogP contribution < -0.4 is 10.6 Å². The molecule has 4 rings (SSSR count). The molecule has 0 saturated heterocycles. The molecule has 2 heterocycles. The lowest BCUT2D eigenvalue weighted by Gasteiger charge is -2.08. The number of nitrogens with zero attached hydrogens (tertiary/aromatic N) is 3. The maximum absolute atomic E-state index is 13.4. The second kappa shape index (κ2) is 10.8. The summed E-state index contributed by atoms with van der Waals surface area (Å²) in [6, 6.07) is 15.3. The Kier molecular flexibility index (Phi) is 7.36. The van der Waals surface area contributed by atoms with E-state index < -0.39 is 17.7 Å². The number of pyridine rings is 1. The summed E-state index contributed by atoms with van der Waals surface area (Å²) in [6.45, 7) is 1.97. The summed E-state index contributed by atoms with van der Waals surface area (Å²) in [5.74, 6) is -1.65. The first-order valence-corrected chi connectivity index (χ1v) is 11.5. The summed E-state index contributed by atoms with van der Waals surface area (Å²) < 4.78 is 20.0. The third-order valence-electron chi connectivity index (χ3n) is 4.71. The minimum Gasteiger partial charge on any atom is -0.462 e. The standard InChI is InChI=1S/C24H20FN5O4S/c1-2-34-23(33)15-5-3-7-18(11-15)26-21(31)14-35-24-29-28-20-10-9-16(13-30(20)24)22(32)27-19-8-4-6-17(25)12-19/h3-13H,2,14H2,1H3,(H,26,31)(H,27,32). The lowest BCUT2D eigenvalue weighted by atomic mass is 10.2. The van der Waals surface area contributed by atoms with Gasteiger partial charge in [-0.25, -0.2) is 9.18 Å². The molecule has 2 aromatic heterocycles. The molecule has 0 spiro atoms. The first-order valence-electron chi connectivity index (χ1n) is 10.5. The van der Waals surface area contributed by atoms with Crippen molar-refractivity contribution in [2.45, 2.75) is 12.1 Å². The summed E-state index contributed by atoms with van der Waals surface area (Å²) in [6.07, 6.45) is 1.55. The fourth-order valence-corrected chi connectivity index (χ4v) is 3.85. The Bertz CT molecular complexity index is 1410. The number of anilines is 2. The van der Waals surface area contributed by atoms with Gasteiger partial charge in [0, 0.05) is 17.6 Å². The van der Waals surface area contributed by atoms with Crippen molar-refractivity contribution in [2.75, 3.05) is 23.0 Å². The van der Waals surface area contributed by atoms with Crippen molar-refractivity contribution in [1.82, 2.24) is 14.6 Å². The topological polar surface area (TPSA) is 115 Å². The van der Waals surface area contributed by atoms with Crippen molar-refractivity contribution in [1.29, 1.82) is 0 Å². The zero-order chi connectivity index (χ0) is 24.8. The van der Waals surface area contributed by atoms with Gasteiger partial charge in [0.15, 0.2) is 10.8 Å². The fraction of sp³-hybridized carbons (Fsp3) is 0.125. The molecule has 2 amide bonds. The predicted molar refractivity (Wildman–Crippen MR) is 129 cm³/mol. The molecule has 0 aliphatic carbocycles. The van der Waals surface area contributed by atoms with Crippen LogP contribution in [0, 0.1) is 5.82 Å².